The third-order valence-corrected chi connectivity index (χ3v) is 6.66. The molecule has 2 nitrogen and oxygen atoms in total. The van der Waals surface area contributed by atoms with Gasteiger partial charge in [-0.15, -0.1) is 0 Å². The Bertz CT molecular complexity index is 932. The summed E-state index contributed by atoms with van der Waals surface area (Å²) in [6.45, 7) is 2.47. The first-order chi connectivity index (χ1) is 18.2. The van der Waals surface area contributed by atoms with Crippen LogP contribution in [0, 0.1) is 0 Å². The summed E-state index contributed by atoms with van der Waals surface area (Å²) in [5.74, 6) is -38.1. The maximum absolute atomic E-state index is 13.8. The van der Waals surface area contributed by atoms with Crippen LogP contribution in [-0.4, -0.2) is 53.3 Å². The van der Waals surface area contributed by atoms with Gasteiger partial charge in [0.2, 0.25) is 5.12 Å². The number of hydrogen-bond donors (Lipinski definition) is 0. The molecule has 0 amide bonds. The van der Waals surface area contributed by atoms with Gasteiger partial charge in [-0.3, -0.25) is 4.79 Å². The highest BCUT2D eigenvalue weighted by Crippen LogP contribution is 2.60. The molecule has 0 saturated carbocycles. The van der Waals surface area contributed by atoms with E-state index in [4.69, 9.17) is 4.74 Å². The minimum Gasteiger partial charge on any atom is -0.494 e. The summed E-state index contributed by atoms with van der Waals surface area (Å²) in [6.07, 6.45) is -2.60. The monoisotopic (exact) mass is 626 g/mol. The van der Waals surface area contributed by atoms with Crippen molar-refractivity contribution in [3.05, 3.63) is 29.8 Å². The fourth-order valence-corrected chi connectivity index (χ4v) is 4.10. The zero-order valence-corrected chi connectivity index (χ0v) is 21.8. The van der Waals surface area contributed by atoms with Crippen LogP contribution in [0.25, 0.3) is 0 Å². The molecule has 16 heteroatoms. The third kappa shape index (κ3) is 8.11. The van der Waals surface area contributed by atoms with E-state index in [1.165, 1.54) is 24.3 Å². The second-order valence-corrected chi connectivity index (χ2v) is 9.95. The lowest BCUT2D eigenvalue weighted by molar-refractivity contribution is -0.439. The first-order valence-corrected chi connectivity index (χ1v) is 13.0. The number of halogens is 13. The Morgan fingerprint density at radius 1 is 0.675 bits per heavy atom. The molecule has 40 heavy (non-hydrogen) atoms. The molecule has 0 radical (unpaired) electrons. The average Bonchev–Trinajstić information content (AvgIpc) is 2.84. The van der Waals surface area contributed by atoms with E-state index < -0.39 is 53.1 Å². The van der Waals surface area contributed by atoms with Crippen molar-refractivity contribution < 1.29 is 66.6 Å². The van der Waals surface area contributed by atoms with E-state index in [9.17, 15) is 61.9 Å². The molecule has 1 aromatic rings. The summed E-state index contributed by atoms with van der Waals surface area (Å²) in [7, 11) is 0. The quantitative estimate of drug-likeness (QED) is 0.127. The maximum Gasteiger partial charge on any atom is 0.460 e. The third-order valence-electron chi connectivity index (χ3n) is 5.75. The van der Waals surface area contributed by atoms with Gasteiger partial charge in [0.05, 0.1) is 6.61 Å². The van der Waals surface area contributed by atoms with E-state index in [0.29, 0.717) is 12.4 Å². The Morgan fingerprint density at radius 3 is 1.65 bits per heavy atom. The molecule has 0 aliphatic rings. The van der Waals surface area contributed by atoms with E-state index in [1.54, 1.807) is 0 Å². The maximum atomic E-state index is 13.8. The van der Waals surface area contributed by atoms with Gasteiger partial charge in [-0.1, -0.05) is 57.2 Å². The minimum absolute atomic E-state index is 0.115. The molecule has 0 heterocycles. The van der Waals surface area contributed by atoms with Crippen molar-refractivity contribution in [2.45, 2.75) is 94.1 Å². The van der Waals surface area contributed by atoms with E-state index in [2.05, 4.69) is 6.92 Å². The normalized spacial score (nSPS) is 13.9. The smallest absolute Gasteiger partial charge is 0.460 e. The predicted molar refractivity (Wildman–Crippen MR) is 122 cm³/mol. The fraction of sp³-hybridized carbons (Fsp3) is 0.708. The number of ether oxygens (including phenoxy) is 1. The van der Waals surface area contributed by atoms with Gasteiger partial charge in [-0.25, -0.2) is 0 Å². The standard InChI is InChI=1S/C24H27F13O2S/c1-2-3-4-5-6-7-8-14-39-17-11-9-16(10-12-17)18(38)40-15-13-19(25,26)20(27,28)21(29,30)22(31,32)23(33,34)24(35,36)37/h9-12H,2-8,13-15H2,1H3. The predicted octanol–water partition coefficient (Wildman–Crippen LogP) is 9.82. The van der Waals surface area contributed by atoms with Crippen LogP contribution in [-0.2, 0) is 0 Å². The highest BCUT2D eigenvalue weighted by Gasteiger charge is 2.90. The lowest BCUT2D eigenvalue weighted by Crippen LogP contribution is -2.70. The number of unbranched alkanes of at least 4 members (excludes halogenated alkanes) is 6. The summed E-state index contributed by atoms with van der Waals surface area (Å²) in [5, 5.41) is -1.03. The second kappa shape index (κ2) is 13.9. The molecule has 1 aromatic carbocycles. The molecule has 0 atom stereocenters. The molecular weight excluding hydrogens is 599 g/mol. The summed E-state index contributed by atoms with van der Waals surface area (Å²) in [5.41, 5.74) is -0.162. The van der Waals surface area contributed by atoms with Crippen molar-refractivity contribution in [1.82, 2.24) is 0 Å². The molecule has 0 fully saturated rings. The highest BCUT2D eigenvalue weighted by atomic mass is 32.2. The Balaban J connectivity index is 2.70. The average molecular weight is 627 g/mol. The fourth-order valence-electron chi connectivity index (χ4n) is 3.25. The molecule has 0 aromatic heterocycles. The molecule has 0 N–H and O–H groups in total. The van der Waals surface area contributed by atoms with Crippen LogP contribution in [0.5, 0.6) is 5.75 Å². The first-order valence-electron chi connectivity index (χ1n) is 12.0. The lowest BCUT2D eigenvalue weighted by Gasteiger charge is -2.39. The van der Waals surface area contributed by atoms with E-state index in [0.717, 1.165) is 44.9 Å². The van der Waals surface area contributed by atoms with Crippen LogP contribution < -0.4 is 4.74 Å². The number of carbonyl (C=O) groups is 1. The zero-order chi connectivity index (χ0) is 31.0. The summed E-state index contributed by atoms with van der Waals surface area (Å²) >= 11 is -0.115. The van der Waals surface area contributed by atoms with Crippen molar-refractivity contribution in [1.29, 1.82) is 0 Å². The summed E-state index contributed by atoms with van der Waals surface area (Å²) in [6, 6.07) is 5.02. The molecule has 0 unspecified atom stereocenters. The second-order valence-electron chi connectivity index (χ2n) is 8.88. The Hall–Kier alpha value is -1.87. The van der Waals surface area contributed by atoms with Crippen molar-refractivity contribution in [3.8, 4) is 5.75 Å². The summed E-state index contributed by atoms with van der Waals surface area (Å²) < 4.78 is 176. The summed E-state index contributed by atoms with van der Waals surface area (Å²) in [4.78, 5) is 12.1. The SMILES string of the molecule is CCCCCCCCCOc1ccc(C(=O)SCCC(F)(F)C(F)(F)C(F)(F)C(F)(F)C(F)(F)C(F)(F)F)cc1. The minimum atomic E-state index is -7.94. The van der Waals surface area contributed by atoms with Gasteiger partial charge < -0.3 is 4.74 Å². The van der Waals surface area contributed by atoms with Crippen LogP contribution in [0.1, 0.15) is 68.6 Å². The van der Waals surface area contributed by atoms with Gasteiger partial charge in [0, 0.05) is 17.7 Å². The van der Waals surface area contributed by atoms with Crippen molar-refractivity contribution in [2.24, 2.45) is 0 Å². The molecule has 0 saturated heterocycles. The van der Waals surface area contributed by atoms with Gasteiger partial charge in [-0.05, 0) is 30.7 Å². The van der Waals surface area contributed by atoms with Gasteiger partial charge in [0.1, 0.15) is 5.75 Å². The number of carbonyl (C=O) groups excluding carboxylic acids is 1. The lowest BCUT2D eigenvalue weighted by atomic mass is 9.93. The number of hydrogen-bond acceptors (Lipinski definition) is 3. The van der Waals surface area contributed by atoms with Crippen LogP contribution in [0.15, 0.2) is 24.3 Å². The van der Waals surface area contributed by atoms with Crippen molar-refractivity contribution in [3.63, 3.8) is 0 Å². The molecule has 0 aliphatic carbocycles. The largest absolute Gasteiger partial charge is 0.494 e. The van der Waals surface area contributed by atoms with Gasteiger partial charge in [-0.2, -0.15) is 57.1 Å². The van der Waals surface area contributed by atoms with Crippen LogP contribution in [0.4, 0.5) is 57.1 Å². The van der Waals surface area contributed by atoms with E-state index in [1.807, 2.05) is 0 Å². The van der Waals surface area contributed by atoms with Crippen LogP contribution in [0.2, 0.25) is 0 Å². The molecule has 1 rings (SSSR count). The highest BCUT2D eigenvalue weighted by molar-refractivity contribution is 8.14. The topological polar surface area (TPSA) is 26.3 Å². The van der Waals surface area contributed by atoms with Crippen LogP contribution in [0.3, 0.4) is 0 Å². The number of benzene rings is 1. The molecule has 0 bridgehead atoms. The molecule has 0 spiro atoms. The molecule has 0 aliphatic heterocycles. The van der Waals surface area contributed by atoms with Gasteiger partial charge in [0.15, 0.2) is 0 Å². The Morgan fingerprint density at radius 2 is 1.15 bits per heavy atom. The Labute approximate surface area is 226 Å². The number of thioether (sulfide) groups is 1. The van der Waals surface area contributed by atoms with E-state index in [-0.39, 0.29) is 17.3 Å². The number of rotatable bonds is 17. The van der Waals surface area contributed by atoms with Crippen LogP contribution >= 0.6 is 11.8 Å². The van der Waals surface area contributed by atoms with E-state index >= 15 is 0 Å². The number of alkyl halides is 13. The first kappa shape index (κ1) is 36.2. The Kier molecular flexibility index (Phi) is 12.5. The zero-order valence-electron chi connectivity index (χ0n) is 21.0. The van der Waals surface area contributed by atoms with Crippen molar-refractivity contribution >= 4 is 16.9 Å². The molecule has 232 valence electrons. The molecular formula is C24H27F13O2S. The van der Waals surface area contributed by atoms with Gasteiger partial charge >= 0.3 is 35.8 Å². The van der Waals surface area contributed by atoms with Gasteiger partial charge in [0.25, 0.3) is 0 Å². The van der Waals surface area contributed by atoms with Crippen molar-refractivity contribution in [2.75, 3.05) is 12.4 Å².